The summed E-state index contributed by atoms with van der Waals surface area (Å²) >= 11 is 0. The number of hydrogen-bond acceptors (Lipinski definition) is 5. The monoisotopic (exact) mass is 413 g/mol. The van der Waals surface area contributed by atoms with Crippen LogP contribution in [0, 0.1) is 5.82 Å². The van der Waals surface area contributed by atoms with Crippen LogP contribution in [0.25, 0.3) is 16.6 Å². The number of aliphatic hydroxyl groups is 1. The maximum absolute atomic E-state index is 14.2. The van der Waals surface area contributed by atoms with Gasteiger partial charge in [0.1, 0.15) is 5.82 Å². The molecule has 0 saturated heterocycles. The molecule has 0 amide bonds. The predicted molar refractivity (Wildman–Crippen MR) is 112 cm³/mol. The van der Waals surface area contributed by atoms with Crippen LogP contribution in [0.1, 0.15) is 23.1 Å². The number of nitrogens with zero attached hydrogens (tertiary/aromatic N) is 4. The van der Waals surface area contributed by atoms with E-state index in [0.29, 0.717) is 17.8 Å². The third-order valence-corrected chi connectivity index (χ3v) is 4.63. The number of rotatable bonds is 6. The van der Waals surface area contributed by atoms with Gasteiger partial charge in [0.2, 0.25) is 0 Å². The van der Waals surface area contributed by atoms with E-state index < -0.39 is 11.9 Å². The highest BCUT2D eigenvalue weighted by atomic mass is 35.5. The molecule has 0 aliphatic heterocycles. The molecule has 0 fully saturated rings. The number of benzene rings is 1. The molecule has 0 aliphatic carbocycles. The zero-order chi connectivity index (χ0) is 19.5. The number of para-hydroxylation sites is 1. The van der Waals surface area contributed by atoms with Crippen molar-refractivity contribution in [2.24, 2.45) is 5.73 Å². The first-order valence-electron chi connectivity index (χ1n) is 9.06. The first-order chi connectivity index (χ1) is 13.7. The lowest BCUT2D eigenvalue weighted by molar-refractivity contribution is 0.298. The molecule has 1 aromatic carbocycles. The van der Waals surface area contributed by atoms with Gasteiger partial charge in [-0.3, -0.25) is 9.97 Å². The molecule has 4 rings (SSSR count). The number of nitrogens with two attached hydrogens (primary N) is 1. The standard InChI is InChI=1S/C21H20FN5O.ClH/c22-16-8-7-15(9-11-28)26-18(16)12-17(23)21-20(6-3-10-24-21)27-19-5-2-1-4-14(19)13-25-27;/h1-8,10,13,17,28H,9,11-12,23H2;1H. The summed E-state index contributed by atoms with van der Waals surface area (Å²) in [5, 5.41) is 14.6. The zero-order valence-electron chi connectivity index (χ0n) is 15.6. The molecule has 1 unspecified atom stereocenters. The van der Waals surface area contributed by atoms with E-state index >= 15 is 0 Å². The molecule has 0 bridgehead atoms. The Bertz CT molecular complexity index is 1120. The van der Waals surface area contributed by atoms with Gasteiger partial charge in [-0.25, -0.2) is 9.07 Å². The molecule has 29 heavy (non-hydrogen) atoms. The highest BCUT2D eigenvalue weighted by Crippen LogP contribution is 2.24. The van der Waals surface area contributed by atoms with Crippen molar-refractivity contribution in [2.45, 2.75) is 18.9 Å². The molecular formula is C21H21ClFN5O. The van der Waals surface area contributed by atoms with Crippen molar-refractivity contribution in [3.63, 3.8) is 0 Å². The Labute approximate surface area is 173 Å². The van der Waals surface area contributed by atoms with E-state index in [1.165, 1.54) is 6.07 Å². The normalized spacial score (nSPS) is 12.0. The number of aromatic nitrogens is 4. The summed E-state index contributed by atoms with van der Waals surface area (Å²) in [5.41, 5.74) is 9.62. The number of halogens is 2. The van der Waals surface area contributed by atoms with E-state index in [9.17, 15) is 4.39 Å². The van der Waals surface area contributed by atoms with Crippen LogP contribution >= 0.6 is 12.4 Å². The molecule has 4 aromatic rings. The SMILES string of the molecule is Cl.NC(Cc1nc(CCO)ccc1F)c1ncccc1-n1ncc2ccccc21. The lowest BCUT2D eigenvalue weighted by Gasteiger charge is -2.16. The third kappa shape index (κ3) is 4.27. The van der Waals surface area contributed by atoms with Gasteiger partial charge in [-0.1, -0.05) is 18.2 Å². The van der Waals surface area contributed by atoms with Crippen molar-refractivity contribution in [3.05, 3.63) is 83.8 Å². The molecular weight excluding hydrogens is 393 g/mol. The lowest BCUT2D eigenvalue weighted by atomic mass is 10.0. The average Bonchev–Trinajstić information content (AvgIpc) is 3.15. The second kappa shape index (κ2) is 9.09. The number of fused-ring (bicyclic) bond motifs is 1. The quantitative estimate of drug-likeness (QED) is 0.506. The second-order valence-electron chi connectivity index (χ2n) is 6.54. The van der Waals surface area contributed by atoms with Crippen LogP contribution in [-0.4, -0.2) is 31.5 Å². The minimum absolute atomic E-state index is 0. The van der Waals surface area contributed by atoms with Gasteiger partial charge in [-0.15, -0.1) is 12.4 Å². The van der Waals surface area contributed by atoms with Crippen LogP contribution in [0.5, 0.6) is 0 Å². The van der Waals surface area contributed by atoms with Crippen LogP contribution < -0.4 is 5.73 Å². The topological polar surface area (TPSA) is 89.9 Å². The van der Waals surface area contributed by atoms with Crippen LogP contribution in [0.15, 0.2) is 60.9 Å². The number of aliphatic hydroxyl groups excluding tert-OH is 1. The molecule has 8 heteroatoms. The summed E-state index contributed by atoms with van der Waals surface area (Å²) in [6.07, 6.45) is 4.01. The summed E-state index contributed by atoms with van der Waals surface area (Å²) in [6, 6.07) is 14.0. The summed E-state index contributed by atoms with van der Waals surface area (Å²) in [7, 11) is 0. The Hall–Kier alpha value is -2.87. The fourth-order valence-electron chi connectivity index (χ4n) is 3.27. The minimum atomic E-state index is -0.564. The first-order valence-corrected chi connectivity index (χ1v) is 9.06. The van der Waals surface area contributed by atoms with Crippen molar-refractivity contribution in [3.8, 4) is 5.69 Å². The molecule has 3 N–H and O–H groups in total. The van der Waals surface area contributed by atoms with Gasteiger partial charge in [-0.05, 0) is 30.3 Å². The lowest BCUT2D eigenvalue weighted by Crippen LogP contribution is -2.19. The summed E-state index contributed by atoms with van der Waals surface area (Å²) in [5.74, 6) is -0.417. The van der Waals surface area contributed by atoms with Gasteiger partial charge in [-0.2, -0.15) is 5.10 Å². The molecule has 3 heterocycles. The van der Waals surface area contributed by atoms with Crippen molar-refractivity contribution in [1.82, 2.24) is 19.7 Å². The van der Waals surface area contributed by atoms with Crippen LogP contribution in [0.4, 0.5) is 4.39 Å². The Morgan fingerprint density at radius 2 is 1.93 bits per heavy atom. The maximum Gasteiger partial charge on any atom is 0.144 e. The second-order valence-corrected chi connectivity index (χ2v) is 6.54. The highest BCUT2D eigenvalue weighted by molar-refractivity contribution is 5.85. The van der Waals surface area contributed by atoms with Crippen molar-refractivity contribution >= 4 is 23.3 Å². The molecule has 3 aromatic heterocycles. The molecule has 6 nitrogen and oxygen atoms in total. The Balaban J connectivity index is 0.00000240. The Morgan fingerprint density at radius 1 is 1.10 bits per heavy atom. The molecule has 0 saturated carbocycles. The average molecular weight is 414 g/mol. The van der Waals surface area contributed by atoms with Gasteiger partial charge in [0.25, 0.3) is 0 Å². The highest BCUT2D eigenvalue weighted by Gasteiger charge is 2.19. The van der Waals surface area contributed by atoms with E-state index in [-0.39, 0.29) is 31.1 Å². The molecule has 0 radical (unpaired) electrons. The largest absolute Gasteiger partial charge is 0.396 e. The summed E-state index contributed by atoms with van der Waals surface area (Å²) in [4.78, 5) is 8.75. The van der Waals surface area contributed by atoms with Gasteiger partial charge >= 0.3 is 0 Å². The smallest absolute Gasteiger partial charge is 0.144 e. The summed E-state index contributed by atoms with van der Waals surface area (Å²) < 4.78 is 16.0. The molecule has 150 valence electrons. The third-order valence-electron chi connectivity index (χ3n) is 4.63. The predicted octanol–water partition coefficient (Wildman–Crippen LogP) is 3.15. The molecule has 0 spiro atoms. The summed E-state index contributed by atoms with van der Waals surface area (Å²) in [6.45, 7) is -0.0408. The van der Waals surface area contributed by atoms with Crippen molar-refractivity contribution in [2.75, 3.05) is 6.61 Å². The molecule has 0 aliphatic rings. The van der Waals surface area contributed by atoms with Crippen LogP contribution in [0.3, 0.4) is 0 Å². The van der Waals surface area contributed by atoms with Crippen LogP contribution in [-0.2, 0) is 12.8 Å². The molecule has 1 atom stereocenters. The van der Waals surface area contributed by atoms with E-state index in [2.05, 4.69) is 15.1 Å². The van der Waals surface area contributed by atoms with E-state index in [4.69, 9.17) is 10.8 Å². The van der Waals surface area contributed by atoms with E-state index in [0.717, 1.165) is 16.6 Å². The number of pyridine rings is 2. The fraction of sp³-hybridized carbons (Fsp3) is 0.190. The first kappa shape index (κ1) is 20.9. The minimum Gasteiger partial charge on any atom is -0.396 e. The van der Waals surface area contributed by atoms with E-state index in [1.54, 1.807) is 23.1 Å². The van der Waals surface area contributed by atoms with E-state index in [1.807, 2.05) is 36.4 Å². The fourth-order valence-corrected chi connectivity index (χ4v) is 3.27. The van der Waals surface area contributed by atoms with Crippen molar-refractivity contribution < 1.29 is 9.50 Å². The Morgan fingerprint density at radius 3 is 2.76 bits per heavy atom. The van der Waals surface area contributed by atoms with Gasteiger partial charge < -0.3 is 10.8 Å². The van der Waals surface area contributed by atoms with Crippen LogP contribution in [0.2, 0.25) is 0 Å². The zero-order valence-corrected chi connectivity index (χ0v) is 16.4. The van der Waals surface area contributed by atoms with Gasteiger partial charge in [0, 0.05) is 36.7 Å². The maximum atomic E-state index is 14.2. The van der Waals surface area contributed by atoms with Gasteiger partial charge in [0.05, 0.1) is 34.8 Å². The number of hydrogen-bond donors (Lipinski definition) is 2. The van der Waals surface area contributed by atoms with Gasteiger partial charge in [0.15, 0.2) is 0 Å². The van der Waals surface area contributed by atoms with Crippen molar-refractivity contribution in [1.29, 1.82) is 0 Å². The Kier molecular flexibility index (Phi) is 6.53.